The Morgan fingerprint density at radius 3 is 2.35 bits per heavy atom. The van der Waals surface area contributed by atoms with Crippen molar-refractivity contribution in [2.45, 2.75) is 18.5 Å². The molecule has 1 saturated heterocycles. The molecule has 5 rings (SSSR count). The summed E-state index contributed by atoms with van der Waals surface area (Å²) in [5.74, 6) is 0.638. The minimum atomic E-state index is -1.19. The van der Waals surface area contributed by atoms with Gasteiger partial charge < -0.3 is 14.3 Å². The third-order valence-electron chi connectivity index (χ3n) is 5.40. The van der Waals surface area contributed by atoms with Crippen molar-refractivity contribution in [1.82, 2.24) is 15.4 Å². The fraction of sp³-hybridized carbons (Fsp3) is 0.125. The van der Waals surface area contributed by atoms with Crippen molar-refractivity contribution in [1.29, 1.82) is 0 Å². The van der Waals surface area contributed by atoms with Gasteiger partial charge in [0.1, 0.15) is 5.69 Å². The lowest BCUT2D eigenvalue weighted by Crippen LogP contribution is -2.46. The Balaban J connectivity index is 1.47. The van der Waals surface area contributed by atoms with E-state index in [1.165, 1.54) is 11.2 Å². The molecule has 154 valence electrons. The number of amides is 3. The van der Waals surface area contributed by atoms with Gasteiger partial charge in [-0.3, -0.25) is 9.69 Å². The molecule has 1 aliphatic heterocycles. The number of nitrogens with zero attached hydrogens (tertiary/aromatic N) is 2. The van der Waals surface area contributed by atoms with E-state index < -0.39 is 11.6 Å². The van der Waals surface area contributed by atoms with Crippen LogP contribution in [-0.4, -0.2) is 22.0 Å². The second kappa shape index (κ2) is 7.60. The molecule has 0 aliphatic carbocycles. The van der Waals surface area contributed by atoms with Crippen LogP contribution in [0, 0.1) is 0 Å². The lowest BCUT2D eigenvalue weighted by atomic mass is 9.83. The number of benzene rings is 2. The van der Waals surface area contributed by atoms with Crippen LogP contribution >= 0.6 is 0 Å². The number of aromatic nitrogens is 1. The Bertz CT molecular complexity index is 1200. The van der Waals surface area contributed by atoms with Gasteiger partial charge in [-0.25, -0.2) is 4.79 Å². The number of rotatable bonds is 6. The molecule has 1 fully saturated rings. The van der Waals surface area contributed by atoms with Gasteiger partial charge in [-0.15, -0.1) is 0 Å². The number of nitrogens with one attached hydrogen (secondary N) is 1. The van der Waals surface area contributed by atoms with Crippen molar-refractivity contribution in [3.63, 3.8) is 0 Å². The SMILES string of the molecule is O=C1NC(Cc2ccccc2)(c2ccccc2)C(=O)N1Cc1cc(-c2ccco2)on1. The molecule has 2 aromatic heterocycles. The minimum absolute atomic E-state index is 0.00174. The predicted molar refractivity (Wildman–Crippen MR) is 112 cm³/mol. The molecule has 1 unspecified atom stereocenters. The zero-order valence-corrected chi connectivity index (χ0v) is 16.5. The van der Waals surface area contributed by atoms with Crippen molar-refractivity contribution >= 4 is 11.9 Å². The van der Waals surface area contributed by atoms with Crippen LogP contribution in [0.25, 0.3) is 11.5 Å². The van der Waals surface area contributed by atoms with Crippen LogP contribution in [0.4, 0.5) is 4.79 Å². The fourth-order valence-electron chi connectivity index (χ4n) is 3.90. The maximum atomic E-state index is 13.6. The zero-order chi connectivity index (χ0) is 21.3. The summed E-state index contributed by atoms with van der Waals surface area (Å²) in [6, 6.07) is 23.6. The molecule has 3 amide bonds. The average Bonchev–Trinajstić information content (AvgIpc) is 3.53. The van der Waals surface area contributed by atoms with Crippen LogP contribution in [0.5, 0.6) is 0 Å². The van der Waals surface area contributed by atoms with E-state index in [0.717, 1.165) is 11.1 Å². The molecule has 7 heteroatoms. The lowest BCUT2D eigenvalue weighted by Gasteiger charge is -2.27. The van der Waals surface area contributed by atoms with Crippen LogP contribution in [-0.2, 0) is 23.3 Å². The first kappa shape index (κ1) is 18.9. The standard InChI is InChI=1S/C24H19N3O4/c28-22-24(18-10-5-2-6-11-18,15-17-8-3-1-4-9-17)25-23(29)27(22)16-19-14-21(31-26-19)20-12-7-13-30-20/h1-14H,15-16H2,(H,25,29). The maximum absolute atomic E-state index is 13.6. The van der Waals surface area contributed by atoms with Gasteiger partial charge in [-0.1, -0.05) is 65.8 Å². The molecule has 0 saturated carbocycles. The fourth-order valence-corrected chi connectivity index (χ4v) is 3.90. The number of furan rings is 1. The zero-order valence-electron chi connectivity index (χ0n) is 16.5. The third-order valence-corrected chi connectivity index (χ3v) is 5.40. The van der Waals surface area contributed by atoms with Crippen molar-refractivity contribution < 1.29 is 18.5 Å². The second-order valence-corrected chi connectivity index (χ2v) is 7.41. The highest BCUT2D eigenvalue weighted by atomic mass is 16.5. The highest BCUT2D eigenvalue weighted by Crippen LogP contribution is 2.34. The minimum Gasteiger partial charge on any atom is -0.461 e. The van der Waals surface area contributed by atoms with E-state index in [4.69, 9.17) is 8.94 Å². The molecular formula is C24H19N3O4. The molecule has 0 bridgehead atoms. The average molecular weight is 413 g/mol. The van der Waals surface area contributed by atoms with Crippen LogP contribution in [0.2, 0.25) is 0 Å². The van der Waals surface area contributed by atoms with E-state index in [1.807, 2.05) is 60.7 Å². The van der Waals surface area contributed by atoms with Crippen LogP contribution < -0.4 is 5.32 Å². The van der Waals surface area contributed by atoms with E-state index in [1.54, 1.807) is 18.2 Å². The smallest absolute Gasteiger partial charge is 0.325 e. The van der Waals surface area contributed by atoms with E-state index in [0.29, 0.717) is 23.6 Å². The van der Waals surface area contributed by atoms with Crippen LogP contribution in [0.3, 0.4) is 0 Å². The maximum Gasteiger partial charge on any atom is 0.325 e. The number of hydrogen-bond donors (Lipinski definition) is 1. The molecule has 31 heavy (non-hydrogen) atoms. The summed E-state index contributed by atoms with van der Waals surface area (Å²) in [5, 5.41) is 6.95. The molecule has 3 heterocycles. The molecule has 1 atom stereocenters. The van der Waals surface area contributed by atoms with Gasteiger partial charge in [-0.05, 0) is 23.3 Å². The van der Waals surface area contributed by atoms with Crippen LogP contribution in [0.15, 0.2) is 94.1 Å². The monoisotopic (exact) mass is 413 g/mol. The van der Waals surface area contributed by atoms with Crippen molar-refractivity contribution in [3.8, 4) is 11.5 Å². The first-order valence-electron chi connectivity index (χ1n) is 9.89. The summed E-state index contributed by atoms with van der Waals surface area (Å²) in [5.41, 5.74) is 0.950. The Morgan fingerprint density at radius 1 is 0.903 bits per heavy atom. The summed E-state index contributed by atoms with van der Waals surface area (Å²) in [4.78, 5) is 27.7. The summed E-state index contributed by atoms with van der Waals surface area (Å²) in [6.07, 6.45) is 1.88. The van der Waals surface area contributed by atoms with Gasteiger partial charge in [-0.2, -0.15) is 0 Å². The first-order chi connectivity index (χ1) is 15.2. The Morgan fingerprint density at radius 2 is 1.65 bits per heavy atom. The quantitative estimate of drug-likeness (QED) is 0.480. The topological polar surface area (TPSA) is 88.6 Å². The predicted octanol–water partition coefficient (Wildman–Crippen LogP) is 4.12. The van der Waals surface area contributed by atoms with E-state index in [9.17, 15) is 9.59 Å². The highest BCUT2D eigenvalue weighted by molar-refractivity contribution is 6.07. The van der Waals surface area contributed by atoms with Gasteiger partial charge >= 0.3 is 6.03 Å². The Labute approximate surface area is 178 Å². The number of hydrogen-bond acceptors (Lipinski definition) is 5. The van der Waals surface area contributed by atoms with E-state index >= 15 is 0 Å². The van der Waals surface area contributed by atoms with Gasteiger partial charge in [0.2, 0.25) is 5.76 Å². The van der Waals surface area contributed by atoms with Gasteiger partial charge in [0.25, 0.3) is 5.91 Å². The summed E-state index contributed by atoms with van der Waals surface area (Å²) >= 11 is 0. The Kier molecular flexibility index (Phi) is 4.63. The van der Waals surface area contributed by atoms with Crippen molar-refractivity contribution in [3.05, 3.63) is 102 Å². The van der Waals surface area contributed by atoms with E-state index in [2.05, 4.69) is 10.5 Å². The van der Waals surface area contributed by atoms with Gasteiger partial charge in [0.15, 0.2) is 11.3 Å². The normalized spacial score (nSPS) is 18.4. The molecule has 1 aliphatic rings. The van der Waals surface area contributed by atoms with Crippen LogP contribution in [0.1, 0.15) is 16.8 Å². The molecule has 0 radical (unpaired) electrons. The number of carbonyl (C=O) groups is 2. The molecule has 1 N–H and O–H groups in total. The van der Waals surface area contributed by atoms with E-state index in [-0.39, 0.29) is 12.5 Å². The number of urea groups is 1. The van der Waals surface area contributed by atoms with Crippen molar-refractivity contribution in [2.75, 3.05) is 0 Å². The first-order valence-corrected chi connectivity index (χ1v) is 9.89. The largest absolute Gasteiger partial charge is 0.461 e. The molecular weight excluding hydrogens is 394 g/mol. The lowest BCUT2D eigenvalue weighted by molar-refractivity contribution is -0.132. The Hall–Kier alpha value is -4.13. The van der Waals surface area contributed by atoms with Crippen molar-refractivity contribution in [2.24, 2.45) is 0 Å². The number of imide groups is 1. The second-order valence-electron chi connectivity index (χ2n) is 7.41. The number of carbonyl (C=O) groups excluding carboxylic acids is 2. The van der Waals surface area contributed by atoms with Gasteiger partial charge in [0, 0.05) is 12.5 Å². The highest BCUT2D eigenvalue weighted by Gasteiger charge is 2.52. The van der Waals surface area contributed by atoms with Gasteiger partial charge in [0.05, 0.1) is 12.8 Å². The molecule has 4 aromatic rings. The summed E-state index contributed by atoms with van der Waals surface area (Å²) in [6.45, 7) is -0.00174. The molecule has 2 aromatic carbocycles. The molecule has 7 nitrogen and oxygen atoms in total. The summed E-state index contributed by atoms with van der Waals surface area (Å²) < 4.78 is 10.6. The summed E-state index contributed by atoms with van der Waals surface area (Å²) in [7, 11) is 0. The molecule has 0 spiro atoms. The third kappa shape index (κ3) is 3.40.